The van der Waals surface area contributed by atoms with Gasteiger partial charge in [0.15, 0.2) is 0 Å². The van der Waals surface area contributed by atoms with Crippen molar-refractivity contribution in [3.05, 3.63) is 0 Å². The van der Waals surface area contributed by atoms with E-state index in [1.54, 1.807) is 0 Å². The Morgan fingerprint density at radius 3 is 1.92 bits per heavy atom. The molecule has 0 saturated carbocycles. The smallest absolute Gasteiger partial charge is 0.000271 e. The highest BCUT2D eigenvalue weighted by molar-refractivity contribution is 4.78. The molecule has 1 nitrogen and oxygen atoms in total. The number of rotatable bonds is 5. The molecule has 80 valence electrons. The van der Waals surface area contributed by atoms with Gasteiger partial charge in [-0.25, -0.2) is 0 Å². The number of hydrogen-bond acceptors (Lipinski definition) is 1. The molecule has 0 aromatic carbocycles. The molecule has 13 heavy (non-hydrogen) atoms. The van der Waals surface area contributed by atoms with E-state index in [0.717, 1.165) is 13.1 Å². The molecule has 0 aromatic heterocycles. The standard InChI is InChI=1S/C12H27N/c1-7-8-13-10-12(5,6)9-11(2,3)4/h13H,7-10H2,1-6H3. The van der Waals surface area contributed by atoms with Crippen molar-refractivity contribution in [1.82, 2.24) is 5.32 Å². The third kappa shape index (κ3) is 8.29. The molecule has 0 aliphatic carbocycles. The van der Waals surface area contributed by atoms with Crippen LogP contribution in [-0.4, -0.2) is 13.1 Å². The quantitative estimate of drug-likeness (QED) is 0.647. The van der Waals surface area contributed by atoms with Gasteiger partial charge in [-0.15, -0.1) is 0 Å². The molecule has 1 N–H and O–H groups in total. The van der Waals surface area contributed by atoms with Gasteiger partial charge in [0.2, 0.25) is 0 Å². The lowest BCUT2D eigenvalue weighted by Crippen LogP contribution is -2.33. The summed E-state index contributed by atoms with van der Waals surface area (Å²) in [6.07, 6.45) is 2.50. The van der Waals surface area contributed by atoms with Gasteiger partial charge in [-0.3, -0.25) is 0 Å². The molecule has 0 unspecified atom stereocenters. The monoisotopic (exact) mass is 185 g/mol. The molecule has 0 aromatic rings. The Morgan fingerprint density at radius 2 is 1.54 bits per heavy atom. The fourth-order valence-electron chi connectivity index (χ4n) is 2.10. The van der Waals surface area contributed by atoms with E-state index in [1.807, 2.05) is 0 Å². The second kappa shape index (κ2) is 4.99. The van der Waals surface area contributed by atoms with Crippen LogP contribution in [0.5, 0.6) is 0 Å². The van der Waals surface area contributed by atoms with Crippen molar-refractivity contribution in [3.63, 3.8) is 0 Å². The largest absolute Gasteiger partial charge is 0.316 e. The van der Waals surface area contributed by atoms with Crippen LogP contribution >= 0.6 is 0 Å². The van der Waals surface area contributed by atoms with E-state index in [2.05, 4.69) is 46.9 Å². The first-order chi connectivity index (χ1) is 5.77. The third-order valence-corrected chi connectivity index (χ3v) is 2.04. The summed E-state index contributed by atoms with van der Waals surface area (Å²) in [6, 6.07) is 0. The van der Waals surface area contributed by atoms with E-state index in [9.17, 15) is 0 Å². The minimum atomic E-state index is 0.424. The predicted octanol–water partition coefficient (Wildman–Crippen LogP) is 3.45. The average Bonchev–Trinajstić information content (AvgIpc) is 1.81. The first kappa shape index (κ1) is 13.0. The van der Waals surface area contributed by atoms with E-state index in [1.165, 1.54) is 12.8 Å². The molecule has 0 saturated heterocycles. The summed E-state index contributed by atoms with van der Waals surface area (Å²) < 4.78 is 0. The van der Waals surface area contributed by atoms with Crippen molar-refractivity contribution in [2.75, 3.05) is 13.1 Å². The Kier molecular flexibility index (Phi) is 4.98. The van der Waals surface area contributed by atoms with Crippen LogP contribution in [0.25, 0.3) is 0 Å². The highest BCUT2D eigenvalue weighted by Crippen LogP contribution is 2.32. The summed E-state index contributed by atoms with van der Waals surface area (Å²) in [7, 11) is 0. The minimum Gasteiger partial charge on any atom is -0.316 e. The Bertz CT molecular complexity index is 131. The van der Waals surface area contributed by atoms with E-state index in [-0.39, 0.29) is 0 Å². The van der Waals surface area contributed by atoms with Crippen LogP contribution in [0.1, 0.15) is 54.4 Å². The van der Waals surface area contributed by atoms with Crippen LogP contribution < -0.4 is 5.32 Å². The highest BCUT2D eigenvalue weighted by Gasteiger charge is 2.24. The highest BCUT2D eigenvalue weighted by atomic mass is 14.9. The molecule has 0 rings (SSSR count). The second-order valence-corrected chi connectivity index (χ2v) is 6.08. The molecule has 0 bridgehead atoms. The lowest BCUT2D eigenvalue weighted by molar-refractivity contribution is 0.206. The maximum Gasteiger partial charge on any atom is 0.000271 e. The first-order valence-corrected chi connectivity index (χ1v) is 5.47. The van der Waals surface area contributed by atoms with Gasteiger partial charge in [0.25, 0.3) is 0 Å². The molecule has 0 fully saturated rings. The summed E-state index contributed by atoms with van der Waals surface area (Å²) in [5, 5.41) is 3.50. The van der Waals surface area contributed by atoms with Crippen LogP contribution in [0.4, 0.5) is 0 Å². The molecule has 0 aliphatic rings. The number of nitrogens with one attached hydrogen (secondary N) is 1. The average molecular weight is 185 g/mol. The van der Waals surface area contributed by atoms with Gasteiger partial charge in [0, 0.05) is 6.54 Å². The van der Waals surface area contributed by atoms with Crippen molar-refractivity contribution in [3.8, 4) is 0 Å². The normalized spacial score (nSPS) is 13.4. The summed E-state index contributed by atoms with van der Waals surface area (Å²) in [5.74, 6) is 0. The zero-order valence-corrected chi connectivity index (χ0v) is 10.3. The lowest BCUT2D eigenvalue weighted by atomic mass is 9.76. The summed E-state index contributed by atoms with van der Waals surface area (Å²) >= 11 is 0. The van der Waals surface area contributed by atoms with Gasteiger partial charge in [-0.2, -0.15) is 0 Å². The summed E-state index contributed by atoms with van der Waals surface area (Å²) in [6.45, 7) is 16.1. The molecule has 1 heteroatoms. The van der Waals surface area contributed by atoms with Gasteiger partial charge in [-0.1, -0.05) is 41.5 Å². The van der Waals surface area contributed by atoms with Crippen LogP contribution in [0.3, 0.4) is 0 Å². The summed E-state index contributed by atoms with van der Waals surface area (Å²) in [4.78, 5) is 0. The minimum absolute atomic E-state index is 0.424. The van der Waals surface area contributed by atoms with Gasteiger partial charge in [-0.05, 0) is 30.2 Å². The molecule has 0 spiro atoms. The topological polar surface area (TPSA) is 12.0 Å². The van der Waals surface area contributed by atoms with Gasteiger partial charge < -0.3 is 5.32 Å². The van der Waals surface area contributed by atoms with Crippen LogP contribution in [0.15, 0.2) is 0 Å². The summed E-state index contributed by atoms with van der Waals surface area (Å²) in [5.41, 5.74) is 0.866. The Hall–Kier alpha value is -0.0400. The molecular formula is C12H27N. The van der Waals surface area contributed by atoms with Crippen molar-refractivity contribution in [2.45, 2.75) is 54.4 Å². The van der Waals surface area contributed by atoms with Crippen LogP contribution in [0, 0.1) is 10.8 Å². The Labute approximate surface area is 84.3 Å². The van der Waals surface area contributed by atoms with Gasteiger partial charge >= 0.3 is 0 Å². The molecule has 0 heterocycles. The van der Waals surface area contributed by atoms with E-state index >= 15 is 0 Å². The molecule has 0 aliphatic heterocycles. The molecular weight excluding hydrogens is 158 g/mol. The van der Waals surface area contributed by atoms with Crippen molar-refractivity contribution >= 4 is 0 Å². The van der Waals surface area contributed by atoms with Gasteiger partial charge in [0.1, 0.15) is 0 Å². The maximum absolute atomic E-state index is 3.50. The Morgan fingerprint density at radius 1 is 1.00 bits per heavy atom. The Balaban J connectivity index is 3.80. The van der Waals surface area contributed by atoms with Crippen LogP contribution in [0.2, 0.25) is 0 Å². The van der Waals surface area contributed by atoms with E-state index in [0.29, 0.717) is 10.8 Å². The molecule has 0 radical (unpaired) electrons. The van der Waals surface area contributed by atoms with E-state index in [4.69, 9.17) is 0 Å². The fraction of sp³-hybridized carbons (Fsp3) is 1.00. The SMILES string of the molecule is CCCNCC(C)(C)CC(C)(C)C. The zero-order valence-electron chi connectivity index (χ0n) is 10.3. The third-order valence-electron chi connectivity index (χ3n) is 2.04. The van der Waals surface area contributed by atoms with Crippen molar-refractivity contribution in [1.29, 1.82) is 0 Å². The second-order valence-electron chi connectivity index (χ2n) is 6.08. The number of hydrogen-bond donors (Lipinski definition) is 1. The van der Waals surface area contributed by atoms with Crippen molar-refractivity contribution < 1.29 is 0 Å². The van der Waals surface area contributed by atoms with Crippen LogP contribution in [-0.2, 0) is 0 Å². The maximum atomic E-state index is 3.50. The van der Waals surface area contributed by atoms with Crippen molar-refractivity contribution in [2.24, 2.45) is 10.8 Å². The zero-order chi connectivity index (χ0) is 10.5. The molecule has 0 atom stereocenters. The fourth-order valence-corrected chi connectivity index (χ4v) is 2.10. The lowest BCUT2D eigenvalue weighted by Gasteiger charge is -2.32. The van der Waals surface area contributed by atoms with E-state index < -0.39 is 0 Å². The molecule has 0 amide bonds. The predicted molar refractivity (Wildman–Crippen MR) is 61.0 cm³/mol. The first-order valence-electron chi connectivity index (χ1n) is 5.47. The van der Waals surface area contributed by atoms with Gasteiger partial charge in [0.05, 0.1) is 0 Å².